The van der Waals surface area contributed by atoms with Gasteiger partial charge in [-0.25, -0.2) is 4.98 Å². The van der Waals surface area contributed by atoms with E-state index in [1.54, 1.807) is 0 Å². The van der Waals surface area contributed by atoms with Gasteiger partial charge in [0, 0.05) is 10.9 Å². The Morgan fingerprint density at radius 2 is 2.23 bits per heavy atom. The van der Waals surface area contributed by atoms with Gasteiger partial charge in [-0.1, -0.05) is 31.6 Å². The summed E-state index contributed by atoms with van der Waals surface area (Å²) in [4.78, 5) is 20.5. The van der Waals surface area contributed by atoms with Crippen molar-refractivity contribution in [2.75, 3.05) is 0 Å². The molecule has 0 unspecified atom stereocenters. The average Bonchev–Trinajstić information content (AvgIpc) is 3.00. The van der Waals surface area contributed by atoms with Crippen LogP contribution in [-0.4, -0.2) is 20.9 Å². The fourth-order valence-electron chi connectivity index (χ4n) is 4.62. The molecule has 5 nitrogen and oxygen atoms in total. The summed E-state index contributed by atoms with van der Waals surface area (Å²) in [5.41, 5.74) is 4.71. The Balaban J connectivity index is 1.56. The average molecular weight is 346 g/mol. The quantitative estimate of drug-likeness (QED) is 0.713. The summed E-state index contributed by atoms with van der Waals surface area (Å²) < 4.78 is 1.34. The van der Waals surface area contributed by atoms with Gasteiger partial charge in [0.25, 0.3) is 5.56 Å². The van der Waals surface area contributed by atoms with Crippen LogP contribution in [0.25, 0.3) is 21.9 Å². The number of rotatable bonds is 2. The molecule has 1 aromatic carbocycles. The molecule has 0 spiro atoms. The lowest BCUT2D eigenvalue weighted by Gasteiger charge is -2.55. The molecule has 5 heteroatoms. The van der Waals surface area contributed by atoms with Gasteiger partial charge in [-0.2, -0.15) is 9.78 Å². The highest BCUT2D eigenvalue weighted by Crippen LogP contribution is 2.58. The summed E-state index contributed by atoms with van der Waals surface area (Å²) in [6, 6.07) is 6.06. The van der Waals surface area contributed by atoms with Crippen molar-refractivity contribution in [3.8, 4) is 0 Å². The Morgan fingerprint density at radius 3 is 3.00 bits per heavy atom. The monoisotopic (exact) mass is 346 g/mol. The molecule has 2 aromatic heterocycles. The second kappa shape index (κ2) is 5.16. The molecule has 0 radical (unpaired) electrons. The van der Waals surface area contributed by atoms with Crippen molar-refractivity contribution >= 4 is 28.2 Å². The van der Waals surface area contributed by atoms with Crippen molar-refractivity contribution in [1.82, 2.24) is 14.6 Å². The molecule has 132 valence electrons. The normalized spacial score (nSPS) is 24.2. The number of fused-ring (bicyclic) bond motifs is 4. The van der Waals surface area contributed by atoms with Crippen LogP contribution in [0.5, 0.6) is 0 Å². The fraction of sp³-hybridized carbons (Fsp3) is 0.381. The zero-order valence-corrected chi connectivity index (χ0v) is 15.3. The van der Waals surface area contributed by atoms with E-state index in [9.17, 15) is 4.79 Å². The van der Waals surface area contributed by atoms with E-state index >= 15 is 0 Å². The minimum atomic E-state index is -0.165. The summed E-state index contributed by atoms with van der Waals surface area (Å²) in [6.45, 7) is 6.70. The van der Waals surface area contributed by atoms with Crippen LogP contribution in [0.15, 0.2) is 46.1 Å². The summed E-state index contributed by atoms with van der Waals surface area (Å²) in [7, 11) is 0. The standard InChI is InChI=1S/C21H22N4O/c1-12-4-7-17-15(8-12)18-19(24-17)20(26)25(11-22-18)23-10-13-5-6-14-9-16(13)21(14,2)3/h4-5,7-8,10-11,14,16,24H,6,9H2,1-3H3/b23-10-/t14-,16-/m1/s1. The molecule has 1 N–H and O–H groups in total. The summed E-state index contributed by atoms with van der Waals surface area (Å²) in [5.74, 6) is 1.34. The Hall–Kier alpha value is -2.69. The van der Waals surface area contributed by atoms with E-state index in [2.05, 4.69) is 41.1 Å². The van der Waals surface area contributed by atoms with Gasteiger partial charge in [0.15, 0.2) is 0 Å². The number of H-pyrrole nitrogens is 1. The highest BCUT2D eigenvalue weighted by atomic mass is 16.1. The number of allylic oxidation sites excluding steroid dienone is 2. The lowest BCUT2D eigenvalue weighted by Crippen LogP contribution is -2.48. The number of hydrogen-bond donors (Lipinski definition) is 1. The van der Waals surface area contributed by atoms with Gasteiger partial charge in [-0.05, 0) is 54.7 Å². The number of aromatic amines is 1. The van der Waals surface area contributed by atoms with E-state index in [1.165, 1.54) is 23.0 Å². The van der Waals surface area contributed by atoms with E-state index in [1.807, 2.05) is 25.3 Å². The number of aromatic nitrogens is 3. The number of aryl methyl sites for hydroxylation is 1. The summed E-state index contributed by atoms with van der Waals surface area (Å²) in [5, 5.41) is 5.41. The van der Waals surface area contributed by atoms with Gasteiger partial charge >= 0.3 is 0 Å². The van der Waals surface area contributed by atoms with E-state index in [0.717, 1.165) is 28.8 Å². The minimum Gasteiger partial charge on any atom is -0.349 e. The Morgan fingerprint density at radius 1 is 1.38 bits per heavy atom. The molecule has 0 amide bonds. The minimum absolute atomic E-state index is 0.165. The molecule has 6 rings (SSSR count). The van der Waals surface area contributed by atoms with Crippen LogP contribution >= 0.6 is 0 Å². The molecule has 1 fully saturated rings. The molecule has 2 atom stereocenters. The van der Waals surface area contributed by atoms with Gasteiger partial charge < -0.3 is 4.98 Å². The second-order valence-electron chi connectivity index (χ2n) is 8.28. The smallest absolute Gasteiger partial charge is 0.298 e. The van der Waals surface area contributed by atoms with E-state index in [0.29, 0.717) is 22.4 Å². The number of benzene rings is 1. The highest BCUT2D eigenvalue weighted by Gasteiger charge is 2.50. The maximum atomic E-state index is 12.8. The van der Waals surface area contributed by atoms with E-state index < -0.39 is 0 Å². The van der Waals surface area contributed by atoms with Gasteiger partial charge in [0.05, 0.1) is 6.21 Å². The van der Waals surface area contributed by atoms with Crippen molar-refractivity contribution in [2.45, 2.75) is 33.6 Å². The first-order valence-electron chi connectivity index (χ1n) is 9.19. The van der Waals surface area contributed by atoms with Crippen LogP contribution in [-0.2, 0) is 0 Å². The first kappa shape index (κ1) is 15.6. The zero-order valence-electron chi connectivity index (χ0n) is 15.3. The first-order valence-corrected chi connectivity index (χ1v) is 9.19. The number of nitrogens with one attached hydrogen (secondary N) is 1. The third-order valence-electron chi connectivity index (χ3n) is 6.49. The number of nitrogens with zero attached hydrogens (tertiary/aromatic N) is 3. The van der Waals surface area contributed by atoms with Crippen molar-refractivity contribution in [3.63, 3.8) is 0 Å². The van der Waals surface area contributed by atoms with Crippen LogP contribution < -0.4 is 5.56 Å². The van der Waals surface area contributed by atoms with Crippen LogP contribution in [0, 0.1) is 24.2 Å². The predicted octanol–water partition coefficient (Wildman–Crippen LogP) is 4.01. The molecule has 3 aromatic rings. The predicted molar refractivity (Wildman–Crippen MR) is 105 cm³/mol. The topological polar surface area (TPSA) is 63.0 Å². The largest absolute Gasteiger partial charge is 0.349 e. The van der Waals surface area contributed by atoms with Gasteiger partial charge in [0.2, 0.25) is 0 Å². The highest BCUT2D eigenvalue weighted by molar-refractivity contribution is 6.04. The lowest BCUT2D eigenvalue weighted by molar-refractivity contribution is -0.00127. The Kier molecular flexibility index (Phi) is 3.09. The molecule has 2 heterocycles. The maximum absolute atomic E-state index is 12.8. The molecule has 3 aliphatic carbocycles. The van der Waals surface area contributed by atoms with Crippen molar-refractivity contribution in [1.29, 1.82) is 0 Å². The van der Waals surface area contributed by atoms with Crippen molar-refractivity contribution < 1.29 is 0 Å². The zero-order chi connectivity index (χ0) is 18.1. The van der Waals surface area contributed by atoms with Crippen LogP contribution in [0.2, 0.25) is 0 Å². The Labute approximate surface area is 151 Å². The molecule has 3 aliphatic rings. The summed E-state index contributed by atoms with van der Waals surface area (Å²) >= 11 is 0. The summed E-state index contributed by atoms with van der Waals surface area (Å²) in [6.07, 6.45) is 7.99. The van der Waals surface area contributed by atoms with Crippen LogP contribution in [0.4, 0.5) is 0 Å². The van der Waals surface area contributed by atoms with Crippen LogP contribution in [0.1, 0.15) is 32.3 Å². The van der Waals surface area contributed by atoms with Crippen molar-refractivity contribution in [3.05, 3.63) is 52.1 Å². The lowest BCUT2D eigenvalue weighted by atomic mass is 9.49. The van der Waals surface area contributed by atoms with Gasteiger partial charge in [-0.15, -0.1) is 0 Å². The Bertz CT molecular complexity index is 1160. The van der Waals surface area contributed by atoms with E-state index in [4.69, 9.17) is 0 Å². The maximum Gasteiger partial charge on any atom is 0.298 e. The van der Waals surface area contributed by atoms with Gasteiger partial charge in [0.1, 0.15) is 17.4 Å². The van der Waals surface area contributed by atoms with Gasteiger partial charge in [-0.3, -0.25) is 4.79 Å². The second-order valence-corrected chi connectivity index (χ2v) is 8.28. The first-order chi connectivity index (χ1) is 12.4. The molecule has 1 saturated carbocycles. The van der Waals surface area contributed by atoms with Crippen LogP contribution in [0.3, 0.4) is 0 Å². The third kappa shape index (κ3) is 2.06. The molecular weight excluding hydrogens is 324 g/mol. The van der Waals surface area contributed by atoms with E-state index in [-0.39, 0.29) is 5.56 Å². The number of hydrogen-bond acceptors (Lipinski definition) is 3. The fourth-order valence-corrected chi connectivity index (χ4v) is 4.62. The molecule has 2 bridgehead atoms. The molecule has 0 aliphatic heterocycles. The third-order valence-corrected chi connectivity index (χ3v) is 6.49. The van der Waals surface area contributed by atoms with Crippen molar-refractivity contribution in [2.24, 2.45) is 22.4 Å². The SMILES string of the molecule is Cc1ccc2[nH]c3c(=O)n(/N=C\C4=CC[C@@H]5C[C@H]4C5(C)C)cnc3c2c1. The molecular formula is C21H22N4O. The molecule has 26 heavy (non-hydrogen) atoms. The molecule has 0 saturated heterocycles.